The Morgan fingerprint density at radius 1 is 0.933 bits per heavy atom. The lowest BCUT2D eigenvalue weighted by atomic mass is 10.1. The number of anilines is 1. The van der Waals surface area contributed by atoms with E-state index < -0.39 is 19.9 Å². The molecular formula is C21H22N2O4S3. The standard InChI is InChI=1S/C21H22N2O4S3/c1-22-20-12-13-21(28-20)29(24,25)17-9-5-10-18(15-17)30(26,27)23-14-6-11-19(23)16-7-3-2-4-8-16/h2-5,7-10,12-13,15,19,22H,6,11,14H2,1H3. The van der Waals surface area contributed by atoms with Crippen molar-refractivity contribution in [1.29, 1.82) is 0 Å². The summed E-state index contributed by atoms with van der Waals surface area (Å²) in [5.74, 6) is 0. The third-order valence-electron chi connectivity index (χ3n) is 5.20. The molecular weight excluding hydrogens is 440 g/mol. The number of hydrogen-bond donors (Lipinski definition) is 1. The summed E-state index contributed by atoms with van der Waals surface area (Å²) in [6.45, 7) is 0.412. The maximum atomic E-state index is 13.4. The van der Waals surface area contributed by atoms with Crippen molar-refractivity contribution in [1.82, 2.24) is 4.31 Å². The van der Waals surface area contributed by atoms with Crippen LogP contribution in [-0.2, 0) is 19.9 Å². The van der Waals surface area contributed by atoms with Crippen LogP contribution in [0.25, 0.3) is 0 Å². The summed E-state index contributed by atoms with van der Waals surface area (Å²) in [7, 11) is -5.93. The zero-order valence-corrected chi connectivity index (χ0v) is 18.8. The van der Waals surface area contributed by atoms with Crippen LogP contribution in [0.2, 0.25) is 0 Å². The minimum atomic E-state index is -3.84. The van der Waals surface area contributed by atoms with Gasteiger partial charge in [0.1, 0.15) is 4.21 Å². The van der Waals surface area contributed by atoms with Crippen molar-refractivity contribution in [3.05, 3.63) is 72.3 Å². The SMILES string of the molecule is CNc1ccc(S(=O)(=O)c2cccc(S(=O)(=O)N3CCCC3c3ccccc3)c2)s1. The predicted molar refractivity (Wildman–Crippen MR) is 118 cm³/mol. The van der Waals surface area contributed by atoms with Crippen molar-refractivity contribution in [2.45, 2.75) is 32.9 Å². The van der Waals surface area contributed by atoms with Crippen molar-refractivity contribution in [3.63, 3.8) is 0 Å². The Balaban J connectivity index is 1.71. The van der Waals surface area contributed by atoms with Crippen LogP contribution in [0.4, 0.5) is 5.00 Å². The van der Waals surface area contributed by atoms with Crippen LogP contribution in [0.15, 0.2) is 80.7 Å². The van der Waals surface area contributed by atoms with Gasteiger partial charge in [0, 0.05) is 13.6 Å². The Morgan fingerprint density at radius 2 is 1.67 bits per heavy atom. The second kappa shape index (κ2) is 8.14. The summed E-state index contributed by atoms with van der Waals surface area (Å²) in [5, 5.41) is 3.64. The first-order valence-electron chi connectivity index (χ1n) is 9.53. The van der Waals surface area contributed by atoms with Crippen molar-refractivity contribution in [3.8, 4) is 0 Å². The number of hydrogen-bond acceptors (Lipinski definition) is 6. The Labute approximate surface area is 181 Å². The van der Waals surface area contributed by atoms with Gasteiger partial charge in [0.25, 0.3) is 0 Å². The maximum absolute atomic E-state index is 13.4. The monoisotopic (exact) mass is 462 g/mol. The van der Waals surface area contributed by atoms with Crippen molar-refractivity contribution < 1.29 is 16.8 Å². The molecule has 0 amide bonds. The highest BCUT2D eigenvalue weighted by atomic mass is 32.2. The predicted octanol–water partition coefficient (Wildman–Crippen LogP) is 4.15. The lowest BCUT2D eigenvalue weighted by Gasteiger charge is -2.24. The molecule has 1 N–H and O–H groups in total. The zero-order chi connectivity index (χ0) is 21.4. The molecule has 1 saturated heterocycles. The first kappa shape index (κ1) is 21.0. The van der Waals surface area contributed by atoms with Crippen LogP contribution >= 0.6 is 11.3 Å². The fourth-order valence-electron chi connectivity index (χ4n) is 3.69. The molecule has 6 nitrogen and oxygen atoms in total. The van der Waals surface area contributed by atoms with E-state index in [2.05, 4.69) is 5.32 Å². The Morgan fingerprint density at radius 3 is 2.37 bits per heavy atom. The van der Waals surface area contributed by atoms with Gasteiger partial charge in [0.15, 0.2) is 0 Å². The van der Waals surface area contributed by atoms with Gasteiger partial charge in [0.05, 0.1) is 20.8 Å². The molecule has 9 heteroatoms. The fourth-order valence-corrected chi connectivity index (χ4v) is 8.10. The molecule has 2 aromatic carbocycles. The largest absolute Gasteiger partial charge is 0.380 e. The van der Waals surface area contributed by atoms with Crippen LogP contribution in [-0.4, -0.2) is 34.7 Å². The molecule has 2 heterocycles. The summed E-state index contributed by atoms with van der Waals surface area (Å²) in [6.07, 6.45) is 1.50. The van der Waals surface area contributed by atoms with Gasteiger partial charge < -0.3 is 5.32 Å². The summed E-state index contributed by atoms with van der Waals surface area (Å²) in [6, 6.07) is 18.2. The molecule has 1 aliphatic rings. The van der Waals surface area contributed by atoms with E-state index in [0.717, 1.165) is 34.7 Å². The summed E-state index contributed by atoms with van der Waals surface area (Å²) in [4.78, 5) is -0.0275. The normalized spacial score (nSPS) is 17.8. The highest BCUT2D eigenvalue weighted by Crippen LogP contribution is 2.37. The molecule has 0 bridgehead atoms. The second-order valence-corrected chi connectivity index (χ2v) is 12.2. The van der Waals surface area contributed by atoms with E-state index in [4.69, 9.17) is 0 Å². The summed E-state index contributed by atoms with van der Waals surface area (Å²) in [5.41, 5.74) is 0.945. The smallest absolute Gasteiger partial charge is 0.243 e. The number of sulfonamides is 1. The topological polar surface area (TPSA) is 83.5 Å². The molecule has 1 fully saturated rings. The lowest BCUT2D eigenvalue weighted by molar-refractivity contribution is 0.396. The molecule has 1 aliphatic heterocycles. The number of thiophene rings is 1. The molecule has 0 spiro atoms. The van der Waals surface area contributed by atoms with Gasteiger partial charge in [-0.2, -0.15) is 4.31 Å². The minimum absolute atomic E-state index is 0.00296. The quantitative estimate of drug-likeness (QED) is 0.595. The molecule has 158 valence electrons. The van der Waals surface area contributed by atoms with E-state index in [-0.39, 0.29) is 20.0 Å². The van der Waals surface area contributed by atoms with Gasteiger partial charge in [0.2, 0.25) is 19.9 Å². The highest BCUT2D eigenvalue weighted by Gasteiger charge is 2.36. The van der Waals surface area contributed by atoms with Gasteiger partial charge in [-0.05, 0) is 48.7 Å². The van der Waals surface area contributed by atoms with Crippen molar-refractivity contribution in [2.75, 3.05) is 18.9 Å². The molecule has 4 rings (SSSR count). The van der Waals surface area contributed by atoms with Gasteiger partial charge >= 0.3 is 0 Å². The average molecular weight is 463 g/mol. The van der Waals surface area contributed by atoms with Crippen LogP contribution in [0.3, 0.4) is 0 Å². The Bertz CT molecular complexity index is 1250. The van der Waals surface area contributed by atoms with Crippen molar-refractivity contribution >= 4 is 36.2 Å². The molecule has 1 atom stereocenters. The third-order valence-corrected chi connectivity index (χ3v) is 10.5. The van der Waals surface area contributed by atoms with E-state index in [9.17, 15) is 16.8 Å². The molecule has 1 unspecified atom stereocenters. The number of nitrogens with zero attached hydrogens (tertiary/aromatic N) is 1. The number of benzene rings is 2. The lowest BCUT2D eigenvalue weighted by Crippen LogP contribution is -2.30. The van der Waals surface area contributed by atoms with Crippen LogP contribution in [0.1, 0.15) is 24.4 Å². The molecule has 30 heavy (non-hydrogen) atoms. The minimum Gasteiger partial charge on any atom is -0.380 e. The van der Waals surface area contributed by atoms with E-state index >= 15 is 0 Å². The number of rotatable bonds is 6. The number of sulfone groups is 1. The summed E-state index contributed by atoms with van der Waals surface area (Å²) < 4.78 is 54.5. The Hall–Kier alpha value is -2.20. The molecule has 0 aliphatic carbocycles. The third kappa shape index (κ3) is 3.78. The van der Waals surface area contributed by atoms with Gasteiger partial charge in [-0.25, -0.2) is 16.8 Å². The van der Waals surface area contributed by atoms with Gasteiger partial charge in [-0.1, -0.05) is 36.4 Å². The molecule has 1 aromatic heterocycles. The molecule has 0 radical (unpaired) electrons. The Kier molecular flexibility index (Phi) is 5.71. The van der Waals surface area contributed by atoms with Gasteiger partial charge in [-0.15, -0.1) is 11.3 Å². The van der Waals surface area contributed by atoms with E-state index in [1.165, 1.54) is 34.6 Å². The number of nitrogens with one attached hydrogen (secondary N) is 1. The van der Waals surface area contributed by atoms with E-state index in [0.29, 0.717) is 6.54 Å². The fraction of sp³-hybridized carbons (Fsp3) is 0.238. The highest BCUT2D eigenvalue weighted by molar-refractivity contribution is 7.93. The summed E-state index contributed by atoms with van der Waals surface area (Å²) >= 11 is 1.11. The molecule has 3 aromatic rings. The first-order valence-corrected chi connectivity index (χ1v) is 13.3. The zero-order valence-electron chi connectivity index (χ0n) is 16.4. The van der Waals surface area contributed by atoms with E-state index in [1.807, 2.05) is 30.3 Å². The van der Waals surface area contributed by atoms with Gasteiger partial charge in [-0.3, -0.25) is 0 Å². The molecule has 0 saturated carbocycles. The van der Waals surface area contributed by atoms with Crippen molar-refractivity contribution in [2.24, 2.45) is 0 Å². The average Bonchev–Trinajstić information content (AvgIpc) is 3.45. The van der Waals surface area contributed by atoms with E-state index in [1.54, 1.807) is 13.1 Å². The van der Waals surface area contributed by atoms with Crippen LogP contribution in [0.5, 0.6) is 0 Å². The maximum Gasteiger partial charge on any atom is 0.243 e. The second-order valence-electron chi connectivity index (χ2n) is 7.03. The van der Waals surface area contributed by atoms with Crippen LogP contribution < -0.4 is 5.32 Å². The first-order chi connectivity index (χ1) is 14.3. The van der Waals surface area contributed by atoms with Crippen LogP contribution in [0, 0.1) is 0 Å².